The smallest absolute Gasteiger partial charge is 0.295 e. The first-order valence-electron chi connectivity index (χ1n) is 22.0. The van der Waals surface area contributed by atoms with Gasteiger partial charge in [-0.2, -0.15) is 8.42 Å². The second-order valence-electron chi connectivity index (χ2n) is 17.7. The van der Waals surface area contributed by atoms with Crippen molar-refractivity contribution in [2.45, 2.75) is 56.8 Å². The molecule has 66 heavy (non-hydrogen) atoms. The van der Waals surface area contributed by atoms with E-state index in [1.54, 1.807) is 0 Å². The van der Waals surface area contributed by atoms with E-state index in [1.807, 2.05) is 133 Å². The van der Waals surface area contributed by atoms with E-state index in [1.165, 1.54) is 0 Å². The molecule has 7 heterocycles. The van der Waals surface area contributed by atoms with Gasteiger partial charge in [-0.3, -0.25) is 4.55 Å². The van der Waals surface area contributed by atoms with Crippen LogP contribution in [0.2, 0.25) is 10.0 Å². The zero-order chi connectivity index (χ0) is 45.7. The van der Waals surface area contributed by atoms with Crippen molar-refractivity contribution in [3.8, 4) is 44.9 Å². The maximum Gasteiger partial charge on any atom is 0.295 e. The van der Waals surface area contributed by atoms with E-state index in [-0.39, 0.29) is 23.5 Å². The minimum absolute atomic E-state index is 0.0428. The molecule has 12 heteroatoms. The summed E-state index contributed by atoms with van der Waals surface area (Å²) < 4.78 is 50.6. The van der Waals surface area contributed by atoms with E-state index >= 15 is 0 Å². The molecule has 0 unspecified atom stereocenters. The number of nitrogens with zero attached hydrogens (tertiary/aromatic N) is 2. The summed E-state index contributed by atoms with van der Waals surface area (Å²) in [5.41, 5.74) is 12.3. The van der Waals surface area contributed by atoms with Gasteiger partial charge in [0.15, 0.2) is 0 Å². The number of aromatic amines is 2. The molecule has 3 N–H and O–H groups in total. The molecule has 0 saturated carbocycles. The summed E-state index contributed by atoms with van der Waals surface area (Å²) in [5, 5.41) is 0.950. The molecule has 0 fully saturated rings. The molecule has 4 aliphatic rings. The van der Waals surface area contributed by atoms with Gasteiger partial charge < -0.3 is 19.4 Å². The Kier molecular flexibility index (Phi) is 11.5. The highest BCUT2D eigenvalue weighted by molar-refractivity contribution is 7.86. The lowest BCUT2D eigenvalue weighted by atomic mass is 9.84. The van der Waals surface area contributed by atoms with Crippen molar-refractivity contribution in [3.05, 3.63) is 159 Å². The van der Waals surface area contributed by atoms with Gasteiger partial charge in [0, 0.05) is 55.4 Å². The van der Waals surface area contributed by atoms with Crippen LogP contribution in [0, 0.1) is 0 Å². The van der Waals surface area contributed by atoms with Crippen LogP contribution in [0.25, 0.3) is 79.8 Å². The fourth-order valence-corrected chi connectivity index (χ4v) is 10.7. The summed E-state index contributed by atoms with van der Waals surface area (Å²) in [6.45, 7) is 6.83. The predicted octanol–water partition coefficient (Wildman–Crippen LogP) is 13.8. The second kappa shape index (κ2) is 17.4. The quantitative estimate of drug-likeness (QED) is 0.147. The highest BCUT2D eigenvalue weighted by atomic mass is 35.5. The summed E-state index contributed by atoms with van der Waals surface area (Å²) in [6.07, 6.45) is 9.64. The van der Waals surface area contributed by atoms with Gasteiger partial charge in [0.25, 0.3) is 10.1 Å². The van der Waals surface area contributed by atoms with Crippen LogP contribution in [-0.4, -0.2) is 46.1 Å². The second-order valence-corrected chi connectivity index (χ2v) is 19.9. The molecule has 0 saturated heterocycles. The van der Waals surface area contributed by atoms with Crippen LogP contribution in [-0.2, 0) is 28.4 Å². The normalized spacial score (nSPS) is 14.1. The SMILES string of the molecule is CC(C)(C)c1cc2c(S(=O)(=O)O)c(c1)CCCOc1ccccc1-c1c3nc(cc4ccc([nH]4)c(c4nc(c(-c5c(Cl)cccc5Cl)c5ccc1[nH]5)C=C4)-c1ccccc1OCCC2)C=C3. The number of hydrogen-bond donors (Lipinski definition) is 3. The number of benzene rings is 4. The Balaban J connectivity index is 1.27. The number of aromatic nitrogens is 4. The number of ether oxygens (including phenoxy) is 2. The highest BCUT2D eigenvalue weighted by Crippen LogP contribution is 2.43. The van der Waals surface area contributed by atoms with Crippen molar-refractivity contribution in [2.75, 3.05) is 13.2 Å². The van der Waals surface area contributed by atoms with E-state index in [0.717, 1.165) is 61.1 Å². The van der Waals surface area contributed by atoms with Gasteiger partial charge in [-0.05, 0) is 127 Å². The van der Waals surface area contributed by atoms with Crippen LogP contribution < -0.4 is 9.47 Å². The first kappa shape index (κ1) is 43.5. The van der Waals surface area contributed by atoms with E-state index in [4.69, 9.17) is 42.6 Å². The Bertz CT molecular complexity index is 3340. The maximum absolute atomic E-state index is 13.3. The Morgan fingerprint density at radius 2 is 1.11 bits per heavy atom. The highest BCUT2D eigenvalue weighted by Gasteiger charge is 2.26. The molecule has 0 aliphatic carbocycles. The van der Waals surface area contributed by atoms with Crippen LogP contribution in [0.1, 0.15) is 73.1 Å². The Morgan fingerprint density at radius 3 is 1.70 bits per heavy atom. The Hall–Kier alpha value is -6.43. The third-order valence-electron chi connectivity index (χ3n) is 12.2. The van der Waals surface area contributed by atoms with Crippen LogP contribution in [0.3, 0.4) is 0 Å². The fraction of sp³-hybridized carbons (Fsp3) is 0.185. The van der Waals surface area contributed by atoms with Crippen LogP contribution >= 0.6 is 23.2 Å². The minimum atomic E-state index is -4.59. The first-order valence-corrected chi connectivity index (χ1v) is 24.2. The van der Waals surface area contributed by atoms with Crippen molar-refractivity contribution in [2.24, 2.45) is 0 Å². The topological polar surface area (TPSA) is 130 Å². The van der Waals surface area contributed by atoms with Gasteiger partial charge in [0.1, 0.15) is 16.4 Å². The molecule has 0 atom stereocenters. The molecule has 3 aromatic heterocycles. The average molecular weight is 934 g/mol. The summed E-state index contributed by atoms with van der Waals surface area (Å²) in [5.74, 6) is 1.25. The van der Waals surface area contributed by atoms with E-state index in [2.05, 4.69) is 30.7 Å². The van der Waals surface area contributed by atoms with Gasteiger partial charge in [-0.15, -0.1) is 0 Å². The van der Waals surface area contributed by atoms with Crippen molar-refractivity contribution in [1.29, 1.82) is 0 Å². The molecule has 0 spiro atoms. The Morgan fingerprint density at radius 1 is 0.591 bits per heavy atom. The number of rotatable bonds is 2. The van der Waals surface area contributed by atoms with E-state index in [9.17, 15) is 13.0 Å². The maximum atomic E-state index is 13.3. The monoisotopic (exact) mass is 932 g/mol. The number of H-pyrrole nitrogens is 2. The number of hydrogen-bond acceptors (Lipinski definition) is 6. The van der Waals surface area contributed by atoms with Crippen LogP contribution in [0.5, 0.6) is 11.5 Å². The van der Waals surface area contributed by atoms with Crippen LogP contribution in [0.15, 0.2) is 114 Å². The van der Waals surface area contributed by atoms with Gasteiger partial charge in [-0.1, -0.05) is 98.6 Å². The number of halogens is 2. The number of fused-ring (bicyclic) bond motifs is 6. The largest absolute Gasteiger partial charge is 0.493 e. The van der Waals surface area contributed by atoms with Crippen molar-refractivity contribution in [3.63, 3.8) is 0 Å². The summed E-state index contributed by atoms with van der Waals surface area (Å²) in [6, 6.07) is 35.1. The average Bonchev–Trinajstić information content (AvgIpc) is 4.13. The number of nitrogens with one attached hydrogen (secondary N) is 2. The molecule has 11 rings (SSSR count). The first-order chi connectivity index (χ1) is 31.8. The third-order valence-corrected chi connectivity index (χ3v) is 13.8. The van der Waals surface area contributed by atoms with Crippen molar-refractivity contribution >= 4 is 79.7 Å². The van der Waals surface area contributed by atoms with E-state index in [0.29, 0.717) is 81.0 Å². The molecule has 7 aromatic rings. The standard InChI is InChI=1S/C54H46Cl2N4O5S/c1-54(2,3)34-29-32-11-9-27-64-47-17-6-4-13-37(47)49-41-21-19-35(57-41)31-36-20-22-42(58-36)50(38-14-5-7-18-48(38)65-28-10-12-33(30-34)53(32)66(61,62)63)44-24-26-46(60-44)52(45-25-23-43(49)59-45)51-39(55)15-8-16-40(51)56/h4-8,13-26,29-31,57,60H,9-12,27-28H2,1-3H3,(H,61,62,63). The van der Waals surface area contributed by atoms with Gasteiger partial charge in [0.05, 0.1) is 46.0 Å². The van der Waals surface area contributed by atoms with E-state index < -0.39 is 10.1 Å². The molecule has 4 aliphatic heterocycles. The van der Waals surface area contributed by atoms with Gasteiger partial charge in [0.2, 0.25) is 0 Å². The third kappa shape index (κ3) is 8.46. The van der Waals surface area contributed by atoms with Crippen molar-refractivity contribution < 1.29 is 22.4 Å². The molecular weight excluding hydrogens is 888 g/mol. The molecular formula is C54H46Cl2N4O5S. The lowest BCUT2D eigenvalue weighted by molar-refractivity contribution is 0.310. The summed E-state index contributed by atoms with van der Waals surface area (Å²) in [4.78, 5) is 17.9. The molecule has 0 amide bonds. The molecule has 0 radical (unpaired) electrons. The van der Waals surface area contributed by atoms with Gasteiger partial charge >= 0.3 is 0 Å². The minimum Gasteiger partial charge on any atom is -0.493 e. The zero-order valence-electron chi connectivity index (χ0n) is 36.6. The predicted molar refractivity (Wildman–Crippen MR) is 268 cm³/mol. The fourth-order valence-electron chi connectivity index (χ4n) is 9.08. The lowest BCUT2D eigenvalue weighted by Gasteiger charge is -2.24. The van der Waals surface area contributed by atoms with Gasteiger partial charge in [-0.25, -0.2) is 9.97 Å². The zero-order valence-corrected chi connectivity index (χ0v) is 38.9. The molecule has 332 valence electrons. The van der Waals surface area contributed by atoms with Crippen LogP contribution in [0.4, 0.5) is 0 Å². The lowest BCUT2D eigenvalue weighted by Crippen LogP contribution is -2.16. The molecule has 9 nitrogen and oxygen atoms in total. The molecule has 4 aromatic carbocycles. The summed E-state index contributed by atoms with van der Waals surface area (Å²) in [7, 11) is -4.59. The molecule has 12 bridgehead atoms. The number of para-hydroxylation sites is 2. The number of aryl methyl sites for hydroxylation is 2. The Labute approximate surface area is 393 Å². The van der Waals surface area contributed by atoms with Crippen molar-refractivity contribution in [1.82, 2.24) is 19.9 Å². The summed E-state index contributed by atoms with van der Waals surface area (Å²) >= 11 is 14.1.